The van der Waals surface area contributed by atoms with Crippen LogP contribution in [0.5, 0.6) is 5.75 Å². The first kappa shape index (κ1) is 16.5. The Morgan fingerprint density at radius 3 is 2.68 bits per heavy atom. The van der Waals surface area contributed by atoms with Gasteiger partial charge in [-0.05, 0) is 35.2 Å². The fourth-order valence-corrected chi connectivity index (χ4v) is 3.57. The van der Waals surface area contributed by atoms with Crippen LogP contribution in [0.2, 0.25) is 0 Å². The first-order valence-electron chi connectivity index (χ1n) is 6.17. The molecule has 1 heterocycles. The first-order chi connectivity index (χ1) is 8.81. The molecule has 0 fully saturated rings. The molecule has 1 unspecified atom stereocenters. The zero-order valence-electron chi connectivity index (χ0n) is 11.7. The van der Waals surface area contributed by atoms with Gasteiger partial charge in [-0.25, -0.2) is 0 Å². The molecular weight excluding hydrogens is 328 g/mol. The quantitative estimate of drug-likeness (QED) is 0.830. The van der Waals surface area contributed by atoms with Crippen LogP contribution in [-0.2, 0) is 0 Å². The number of methoxy groups -OCH3 is 1. The highest BCUT2D eigenvalue weighted by atomic mass is 79.9. The van der Waals surface area contributed by atoms with Crippen molar-refractivity contribution in [2.24, 2.45) is 11.7 Å². The number of carbonyl (C=O) groups is 1. The van der Waals surface area contributed by atoms with Crippen LogP contribution in [0.3, 0.4) is 0 Å². The summed E-state index contributed by atoms with van der Waals surface area (Å²) in [6.07, 6.45) is 0.846. The SMILES string of the molecule is COc1cc(C(=O)NC(C)(CN)CC(C)C)sc1Br. The molecule has 6 heteroatoms. The monoisotopic (exact) mass is 348 g/mol. The normalized spacial score (nSPS) is 14.3. The van der Waals surface area contributed by atoms with E-state index in [0.29, 0.717) is 23.1 Å². The molecular formula is C13H21BrN2O2S. The third-order valence-electron chi connectivity index (χ3n) is 2.82. The number of amides is 1. The maximum absolute atomic E-state index is 12.2. The van der Waals surface area contributed by atoms with Crippen molar-refractivity contribution in [1.82, 2.24) is 5.32 Å². The summed E-state index contributed by atoms with van der Waals surface area (Å²) in [5.41, 5.74) is 5.42. The standard InChI is InChI=1S/C13H21BrN2O2S/c1-8(2)6-13(3,7-15)16-12(17)10-5-9(18-4)11(14)19-10/h5,8H,6-7,15H2,1-4H3,(H,16,17). The van der Waals surface area contributed by atoms with Crippen LogP contribution in [0, 0.1) is 5.92 Å². The molecule has 19 heavy (non-hydrogen) atoms. The minimum atomic E-state index is -0.380. The highest BCUT2D eigenvalue weighted by Gasteiger charge is 2.27. The Labute approximate surface area is 126 Å². The van der Waals surface area contributed by atoms with Gasteiger partial charge in [0.15, 0.2) is 0 Å². The second kappa shape index (κ2) is 6.72. The van der Waals surface area contributed by atoms with Gasteiger partial charge in [0.05, 0.1) is 17.5 Å². The average Bonchev–Trinajstić information content (AvgIpc) is 2.69. The molecule has 0 aliphatic carbocycles. The van der Waals surface area contributed by atoms with E-state index in [1.165, 1.54) is 11.3 Å². The smallest absolute Gasteiger partial charge is 0.261 e. The largest absolute Gasteiger partial charge is 0.495 e. The van der Waals surface area contributed by atoms with Crippen LogP contribution >= 0.6 is 27.3 Å². The predicted molar refractivity (Wildman–Crippen MR) is 83.0 cm³/mol. The second-order valence-corrected chi connectivity index (χ2v) is 7.64. The lowest BCUT2D eigenvalue weighted by Crippen LogP contribution is -2.52. The number of ether oxygens (including phenoxy) is 1. The molecule has 108 valence electrons. The Morgan fingerprint density at radius 2 is 2.26 bits per heavy atom. The molecule has 1 aromatic heterocycles. The molecule has 0 aromatic carbocycles. The zero-order chi connectivity index (χ0) is 14.6. The molecule has 0 saturated heterocycles. The van der Waals surface area contributed by atoms with Gasteiger partial charge < -0.3 is 15.8 Å². The maximum atomic E-state index is 12.2. The molecule has 1 atom stereocenters. The van der Waals surface area contributed by atoms with Gasteiger partial charge in [-0.3, -0.25) is 4.79 Å². The first-order valence-corrected chi connectivity index (χ1v) is 7.78. The Balaban J connectivity index is 2.82. The molecule has 3 N–H and O–H groups in total. The zero-order valence-corrected chi connectivity index (χ0v) is 14.2. The molecule has 4 nitrogen and oxygen atoms in total. The van der Waals surface area contributed by atoms with Crippen molar-refractivity contribution in [2.45, 2.75) is 32.7 Å². The van der Waals surface area contributed by atoms with Crippen LogP contribution < -0.4 is 15.8 Å². The number of thiophene rings is 1. The van der Waals surface area contributed by atoms with E-state index in [2.05, 4.69) is 35.1 Å². The van der Waals surface area contributed by atoms with E-state index in [4.69, 9.17) is 10.5 Å². The Bertz CT molecular complexity index is 448. The van der Waals surface area contributed by atoms with E-state index in [-0.39, 0.29) is 11.4 Å². The van der Waals surface area contributed by atoms with Crippen LogP contribution in [0.25, 0.3) is 0 Å². The number of nitrogens with two attached hydrogens (primary N) is 1. The van der Waals surface area contributed by atoms with Crippen LogP contribution in [-0.4, -0.2) is 25.1 Å². The maximum Gasteiger partial charge on any atom is 0.261 e. The van der Waals surface area contributed by atoms with Gasteiger partial charge in [-0.15, -0.1) is 11.3 Å². The topological polar surface area (TPSA) is 64.3 Å². The molecule has 0 spiro atoms. The van der Waals surface area contributed by atoms with Crippen molar-refractivity contribution < 1.29 is 9.53 Å². The van der Waals surface area contributed by atoms with E-state index in [1.807, 2.05) is 6.92 Å². The van der Waals surface area contributed by atoms with Crippen LogP contribution in [0.1, 0.15) is 36.9 Å². The summed E-state index contributed by atoms with van der Waals surface area (Å²) in [5, 5.41) is 3.03. The average molecular weight is 349 g/mol. The number of rotatable bonds is 6. The van der Waals surface area contributed by atoms with Gasteiger partial charge in [-0.1, -0.05) is 13.8 Å². The summed E-state index contributed by atoms with van der Waals surface area (Å²) >= 11 is 4.73. The van der Waals surface area contributed by atoms with Gasteiger partial charge in [0, 0.05) is 12.6 Å². The molecule has 1 aromatic rings. The predicted octanol–water partition coefficient (Wildman–Crippen LogP) is 3.01. The number of carbonyl (C=O) groups excluding carboxylic acids is 1. The lowest BCUT2D eigenvalue weighted by molar-refractivity contribution is 0.0902. The van der Waals surface area contributed by atoms with E-state index in [9.17, 15) is 4.79 Å². The summed E-state index contributed by atoms with van der Waals surface area (Å²) in [7, 11) is 1.58. The minimum Gasteiger partial charge on any atom is -0.495 e. The summed E-state index contributed by atoms with van der Waals surface area (Å²) in [6.45, 7) is 6.63. The fraction of sp³-hybridized carbons (Fsp3) is 0.615. The van der Waals surface area contributed by atoms with Gasteiger partial charge in [0.1, 0.15) is 9.54 Å². The van der Waals surface area contributed by atoms with Crippen molar-refractivity contribution in [3.63, 3.8) is 0 Å². The van der Waals surface area contributed by atoms with Crippen molar-refractivity contribution in [2.75, 3.05) is 13.7 Å². The lowest BCUT2D eigenvalue weighted by Gasteiger charge is -2.31. The number of nitrogens with one attached hydrogen (secondary N) is 1. The summed E-state index contributed by atoms with van der Waals surface area (Å²) in [4.78, 5) is 12.9. The summed E-state index contributed by atoms with van der Waals surface area (Å²) in [6, 6.07) is 1.73. The minimum absolute atomic E-state index is 0.109. The van der Waals surface area contributed by atoms with Gasteiger partial charge in [0.2, 0.25) is 0 Å². The lowest BCUT2D eigenvalue weighted by atomic mass is 9.90. The van der Waals surface area contributed by atoms with E-state index < -0.39 is 0 Å². The molecule has 1 amide bonds. The van der Waals surface area contributed by atoms with E-state index in [1.54, 1.807) is 13.2 Å². The Morgan fingerprint density at radius 1 is 1.63 bits per heavy atom. The van der Waals surface area contributed by atoms with Crippen molar-refractivity contribution in [3.05, 3.63) is 14.7 Å². The molecule has 0 aliphatic rings. The summed E-state index contributed by atoms with van der Waals surface area (Å²) < 4.78 is 5.97. The van der Waals surface area contributed by atoms with Gasteiger partial charge in [0.25, 0.3) is 5.91 Å². The molecule has 0 bridgehead atoms. The molecule has 0 aliphatic heterocycles. The van der Waals surface area contributed by atoms with E-state index in [0.717, 1.165) is 10.2 Å². The highest BCUT2D eigenvalue weighted by Crippen LogP contribution is 2.34. The van der Waals surface area contributed by atoms with E-state index >= 15 is 0 Å². The molecule has 0 radical (unpaired) electrons. The van der Waals surface area contributed by atoms with Crippen molar-refractivity contribution in [3.8, 4) is 5.75 Å². The third-order valence-corrected chi connectivity index (χ3v) is 4.60. The summed E-state index contributed by atoms with van der Waals surface area (Å²) in [5.74, 6) is 1.04. The highest BCUT2D eigenvalue weighted by molar-refractivity contribution is 9.11. The number of hydrogen-bond acceptors (Lipinski definition) is 4. The third kappa shape index (κ3) is 4.47. The number of halogens is 1. The number of hydrogen-bond donors (Lipinski definition) is 2. The van der Waals surface area contributed by atoms with Crippen molar-refractivity contribution >= 4 is 33.2 Å². The Hall–Kier alpha value is -0.590. The molecule has 0 saturated carbocycles. The van der Waals surface area contributed by atoms with Gasteiger partial charge in [-0.2, -0.15) is 0 Å². The van der Waals surface area contributed by atoms with Crippen molar-refractivity contribution in [1.29, 1.82) is 0 Å². The Kier molecular flexibility index (Phi) is 5.82. The molecule has 1 rings (SSSR count). The van der Waals surface area contributed by atoms with Gasteiger partial charge >= 0.3 is 0 Å². The van der Waals surface area contributed by atoms with Crippen LogP contribution in [0.15, 0.2) is 9.85 Å². The van der Waals surface area contributed by atoms with Crippen LogP contribution in [0.4, 0.5) is 0 Å². The fourth-order valence-electron chi connectivity index (χ4n) is 2.03. The second-order valence-electron chi connectivity index (χ2n) is 5.27.